The first-order chi connectivity index (χ1) is 8.95. The Labute approximate surface area is 112 Å². The summed E-state index contributed by atoms with van der Waals surface area (Å²) in [6.45, 7) is 2.22. The van der Waals surface area contributed by atoms with E-state index in [0.29, 0.717) is 6.54 Å². The quantitative estimate of drug-likeness (QED) is 0.822. The van der Waals surface area contributed by atoms with E-state index >= 15 is 0 Å². The van der Waals surface area contributed by atoms with E-state index in [1.165, 1.54) is 0 Å². The molecule has 19 heavy (non-hydrogen) atoms. The molecule has 5 nitrogen and oxygen atoms in total. The zero-order valence-electron chi connectivity index (χ0n) is 10.3. The summed E-state index contributed by atoms with van der Waals surface area (Å²) in [7, 11) is -1.75. The van der Waals surface area contributed by atoms with Gasteiger partial charge in [-0.05, 0) is 25.1 Å². The predicted molar refractivity (Wildman–Crippen MR) is 67.9 cm³/mol. The molecule has 1 amide bonds. The number of hydrogen-bond donors (Lipinski definition) is 2. The Morgan fingerprint density at radius 1 is 1.42 bits per heavy atom. The molecule has 1 atom stereocenters. The number of benzene rings is 1. The molecule has 0 saturated carbocycles. The molecule has 0 aliphatic rings. The molecule has 0 aliphatic heterocycles. The average Bonchev–Trinajstić information content (AvgIpc) is 2.36. The van der Waals surface area contributed by atoms with Crippen LogP contribution in [0.5, 0.6) is 0 Å². The lowest BCUT2D eigenvalue weighted by atomic mass is 10.2. The van der Waals surface area contributed by atoms with Crippen LogP contribution in [0.4, 0.5) is 4.39 Å². The SMILES string of the molecule is CCNC(=O)CCS(=O)c1cc(C(=O)O)ccc1F. The van der Waals surface area contributed by atoms with Gasteiger partial charge in [-0.1, -0.05) is 0 Å². The molecule has 1 aromatic carbocycles. The van der Waals surface area contributed by atoms with Gasteiger partial charge in [0.1, 0.15) is 5.82 Å². The van der Waals surface area contributed by atoms with Crippen molar-refractivity contribution in [2.45, 2.75) is 18.2 Å². The van der Waals surface area contributed by atoms with Crippen LogP contribution >= 0.6 is 0 Å². The summed E-state index contributed by atoms with van der Waals surface area (Å²) < 4.78 is 25.3. The van der Waals surface area contributed by atoms with E-state index in [-0.39, 0.29) is 28.5 Å². The minimum Gasteiger partial charge on any atom is -0.478 e. The van der Waals surface area contributed by atoms with Crippen LogP contribution in [-0.2, 0) is 15.6 Å². The fraction of sp³-hybridized carbons (Fsp3) is 0.333. The average molecular weight is 287 g/mol. The number of halogens is 1. The Kier molecular flexibility index (Phi) is 5.62. The first-order valence-corrected chi connectivity index (χ1v) is 6.95. The predicted octanol–water partition coefficient (Wildman–Crippen LogP) is 1.16. The van der Waals surface area contributed by atoms with Gasteiger partial charge in [0.15, 0.2) is 0 Å². The van der Waals surface area contributed by atoms with Crippen molar-refractivity contribution >= 4 is 22.7 Å². The Hall–Kier alpha value is -1.76. The van der Waals surface area contributed by atoms with Crippen molar-refractivity contribution < 1.29 is 23.3 Å². The van der Waals surface area contributed by atoms with Gasteiger partial charge in [0.2, 0.25) is 5.91 Å². The van der Waals surface area contributed by atoms with Crippen LogP contribution in [0, 0.1) is 5.82 Å². The van der Waals surface area contributed by atoms with E-state index in [0.717, 1.165) is 18.2 Å². The second kappa shape index (κ2) is 6.98. The van der Waals surface area contributed by atoms with Gasteiger partial charge in [0.25, 0.3) is 0 Å². The second-order valence-electron chi connectivity index (χ2n) is 3.70. The zero-order chi connectivity index (χ0) is 14.4. The molecule has 1 aromatic rings. The first-order valence-electron chi connectivity index (χ1n) is 5.63. The number of amides is 1. The highest BCUT2D eigenvalue weighted by molar-refractivity contribution is 7.85. The van der Waals surface area contributed by atoms with Gasteiger partial charge in [-0.2, -0.15) is 0 Å². The first kappa shape index (κ1) is 15.3. The fourth-order valence-electron chi connectivity index (χ4n) is 1.39. The van der Waals surface area contributed by atoms with Gasteiger partial charge in [-0.25, -0.2) is 9.18 Å². The van der Waals surface area contributed by atoms with E-state index < -0.39 is 22.6 Å². The van der Waals surface area contributed by atoms with Gasteiger partial charge in [-0.3, -0.25) is 9.00 Å². The van der Waals surface area contributed by atoms with Crippen LogP contribution in [0.25, 0.3) is 0 Å². The molecule has 0 aliphatic carbocycles. The van der Waals surface area contributed by atoms with E-state index in [2.05, 4.69) is 5.32 Å². The number of carbonyl (C=O) groups is 2. The Bertz CT molecular complexity index is 518. The monoisotopic (exact) mass is 287 g/mol. The molecule has 0 bridgehead atoms. The topological polar surface area (TPSA) is 83.5 Å². The highest BCUT2D eigenvalue weighted by Gasteiger charge is 2.14. The van der Waals surface area contributed by atoms with Crippen LogP contribution in [-0.4, -0.2) is 33.5 Å². The van der Waals surface area contributed by atoms with E-state index in [9.17, 15) is 18.2 Å². The molecular weight excluding hydrogens is 273 g/mol. The largest absolute Gasteiger partial charge is 0.478 e. The number of carboxylic acid groups (broad SMARTS) is 1. The van der Waals surface area contributed by atoms with Gasteiger partial charge in [-0.15, -0.1) is 0 Å². The van der Waals surface area contributed by atoms with Gasteiger partial charge >= 0.3 is 5.97 Å². The lowest BCUT2D eigenvalue weighted by molar-refractivity contribution is -0.120. The molecule has 0 heterocycles. The number of nitrogens with one attached hydrogen (secondary N) is 1. The Morgan fingerprint density at radius 3 is 2.68 bits per heavy atom. The summed E-state index contributed by atoms with van der Waals surface area (Å²) in [5.74, 6) is -2.28. The molecule has 1 rings (SSSR count). The van der Waals surface area contributed by atoms with Crippen LogP contribution in [0.1, 0.15) is 23.7 Å². The summed E-state index contributed by atoms with van der Waals surface area (Å²) in [5, 5.41) is 11.3. The molecule has 1 unspecified atom stereocenters. The van der Waals surface area contributed by atoms with Crippen LogP contribution in [0.15, 0.2) is 23.1 Å². The summed E-state index contributed by atoms with van der Waals surface area (Å²) in [5.41, 5.74) is -0.136. The third-order valence-electron chi connectivity index (χ3n) is 2.31. The molecule has 0 saturated heterocycles. The summed E-state index contributed by atoms with van der Waals surface area (Å²) in [6, 6.07) is 3.09. The number of carboxylic acids is 1. The summed E-state index contributed by atoms with van der Waals surface area (Å²) >= 11 is 0. The van der Waals surface area contributed by atoms with Gasteiger partial charge in [0.05, 0.1) is 21.3 Å². The van der Waals surface area contributed by atoms with E-state index in [1.54, 1.807) is 6.92 Å². The standard InChI is InChI=1S/C12H14FNO4S/c1-2-14-11(15)5-6-19(18)10-7-8(12(16)17)3-4-9(10)13/h3-4,7H,2,5-6H2,1H3,(H,14,15)(H,16,17). The van der Waals surface area contributed by atoms with Gasteiger partial charge in [0, 0.05) is 18.7 Å². The fourth-order valence-corrected chi connectivity index (χ4v) is 2.53. The molecule has 0 aromatic heterocycles. The molecule has 0 fully saturated rings. The zero-order valence-corrected chi connectivity index (χ0v) is 11.1. The van der Waals surface area contributed by atoms with Crippen molar-refractivity contribution in [1.82, 2.24) is 5.32 Å². The summed E-state index contributed by atoms with van der Waals surface area (Å²) in [4.78, 5) is 21.8. The van der Waals surface area contributed by atoms with Crippen LogP contribution in [0.2, 0.25) is 0 Å². The highest BCUT2D eigenvalue weighted by Crippen LogP contribution is 2.15. The number of hydrogen-bond acceptors (Lipinski definition) is 3. The number of carbonyl (C=O) groups excluding carboxylic acids is 1. The second-order valence-corrected chi connectivity index (χ2v) is 5.24. The maximum Gasteiger partial charge on any atom is 0.335 e. The lowest BCUT2D eigenvalue weighted by Gasteiger charge is -2.05. The third kappa shape index (κ3) is 4.44. The van der Waals surface area contributed by atoms with E-state index in [1.807, 2.05) is 0 Å². The third-order valence-corrected chi connectivity index (χ3v) is 3.69. The van der Waals surface area contributed by atoms with Crippen LogP contribution in [0.3, 0.4) is 0 Å². The molecule has 2 N–H and O–H groups in total. The molecule has 0 radical (unpaired) electrons. The summed E-state index contributed by atoms with van der Waals surface area (Å²) in [6.07, 6.45) is -0.00279. The molecule has 0 spiro atoms. The maximum atomic E-state index is 13.5. The van der Waals surface area contributed by atoms with Crippen molar-refractivity contribution in [2.75, 3.05) is 12.3 Å². The van der Waals surface area contributed by atoms with Crippen molar-refractivity contribution in [3.05, 3.63) is 29.6 Å². The Morgan fingerprint density at radius 2 is 2.11 bits per heavy atom. The number of rotatable bonds is 6. The number of aromatic carboxylic acids is 1. The minimum atomic E-state index is -1.75. The Balaban J connectivity index is 2.79. The smallest absolute Gasteiger partial charge is 0.335 e. The van der Waals surface area contributed by atoms with Crippen molar-refractivity contribution in [3.8, 4) is 0 Å². The normalized spacial score (nSPS) is 11.9. The van der Waals surface area contributed by atoms with E-state index in [4.69, 9.17) is 5.11 Å². The molecular formula is C12H14FNO4S. The molecule has 7 heteroatoms. The lowest BCUT2D eigenvalue weighted by Crippen LogP contribution is -2.24. The van der Waals surface area contributed by atoms with Crippen molar-refractivity contribution in [3.63, 3.8) is 0 Å². The van der Waals surface area contributed by atoms with Crippen molar-refractivity contribution in [1.29, 1.82) is 0 Å². The molecule has 104 valence electrons. The van der Waals surface area contributed by atoms with Gasteiger partial charge < -0.3 is 10.4 Å². The van der Waals surface area contributed by atoms with Crippen molar-refractivity contribution in [2.24, 2.45) is 0 Å². The highest BCUT2D eigenvalue weighted by atomic mass is 32.2. The maximum absolute atomic E-state index is 13.5. The van der Waals surface area contributed by atoms with Crippen LogP contribution < -0.4 is 5.32 Å². The minimum absolute atomic E-state index is 0.00279.